The Balaban J connectivity index is 1.25. The molecule has 3 aromatic rings. The normalized spacial score (nSPS) is 20.8. The molecule has 180 valence electrons. The molecule has 36 heavy (non-hydrogen) atoms. The highest BCUT2D eigenvalue weighted by Crippen LogP contribution is 2.40. The van der Waals surface area contributed by atoms with Gasteiger partial charge in [-0.05, 0) is 41.7 Å². The van der Waals surface area contributed by atoms with Gasteiger partial charge in [0.25, 0.3) is 0 Å². The molecular weight excluding hydrogens is 454 g/mol. The summed E-state index contributed by atoms with van der Waals surface area (Å²) in [4.78, 5) is 52.5. The maximum absolute atomic E-state index is 13.0. The standard InChI is InChI=1S/C30H25NO5/c1-19-7-5-12-25-27(19)29(34)31(28(25)33)24-11-6-10-23(17-24)30(35)36-18-26(32)22-15-13-21(14-16-22)20-8-3-2-4-9-20/h2-11,13-17,19,25,27H,12,18H2,1H3. The van der Waals surface area contributed by atoms with Gasteiger partial charge in [0.05, 0.1) is 23.1 Å². The van der Waals surface area contributed by atoms with E-state index in [0.29, 0.717) is 17.7 Å². The molecule has 0 spiro atoms. The molecule has 1 fully saturated rings. The monoisotopic (exact) mass is 479 g/mol. The van der Waals surface area contributed by atoms with E-state index in [4.69, 9.17) is 4.74 Å². The highest BCUT2D eigenvalue weighted by molar-refractivity contribution is 6.22. The van der Waals surface area contributed by atoms with Crippen LogP contribution in [0.1, 0.15) is 34.1 Å². The van der Waals surface area contributed by atoms with Gasteiger partial charge in [-0.25, -0.2) is 4.79 Å². The number of amides is 2. The number of benzene rings is 3. The van der Waals surface area contributed by atoms with E-state index < -0.39 is 12.6 Å². The average molecular weight is 480 g/mol. The van der Waals surface area contributed by atoms with Gasteiger partial charge in [0.2, 0.25) is 11.8 Å². The number of fused-ring (bicyclic) bond motifs is 1. The van der Waals surface area contributed by atoms with Crippen LogP contribution in [-0.4, -0.2) is 30.2 Å². The Labute approximate surface area is 209 Å². The summed E-state index contributed by atoms with van der Waals surface area (Å²) in [6.07, 6.45) is 4.45. The summed E-state index contributed by atoms with van der Waals surface area (Å²) >= 11 is 0. The van der Waals surface area contributed by atoms with Gasteiger partial charge in [-0.3, -0.25) is 19.3 Å². The van der Waals surface area contributed by atoms with Crippen molar-refractivity contribution in [2.24, 2.45) is 17.8 Å². The van der Waals surface area contributed by atoms with E-state index in [1.165, 1.54) is 17.0 Å². The van der Waals surface area contributed by atoms with Crippen LogP contribution in [0.4, 0.5) is 5.69 Å². The molecule has 0 radical (unpaired) electrons. The lowest BCUT2D eigenvalue weighted by molar-refractivity contribution is -0.122. The van der Waals surface area contributed by atoms with E-state index in [-0.39, 0.29) is 40.9 Å². The zero-order valence-electron chi connectivity index (χ0n) is 19.8. The van der Waals surface area contributed by atoms with E-state index in [1.807, 2.05) is 61.5 Å². The number of hydrogen-bond acceptors (Lipinski definition) is 5. The van der Waals surface area contributed by atoms with E-state index in [1.54, 1.807) is 24.3 Å². The second-order valence-electron chi connectivity index (χ2n) is 9.16. The minimum Gasteiger partial charge on any atom is -0.454 e. The number of esters is 1. The molecule has 1 aliphatic heterocycles. The van der Waals surface area contributed by atoms with Crippen LogP contribution in [0.15, 0.2) is 91.0 Å². The van der Waals surface area contributed by atoms with Crippen LogP contribution >= 0.6 is 0 Å². The Bertz CT molecular complexity index is 1360. The number of allylic oxidation sites excluding steroid dienone is 2. The number of ether oxygens (including phenoxy) is 1. The van der Waals surface area contributed by atoms with Crippen LogP contribution in [0, 0.1) is 17.8 Å². The Morgan fingerprint density at radius 3 is 2.31 bits per heavy atom. The number of rotatable bonds is 6. The smallest absolute Gasteiger partial charge is 0.338 e. The lowest BCUT2D eigenvalue weighted by Gasteiger charge is -2.22. The Hall–Kier alpha value is -4.32. The van der Waals surface area contributed by atoms with Crippen molar-refractivity contribution >= 4 is 29.3 Å². The lowest BCUT2D eigenvalue weighted by atomic mass is 9.78. The van der Waals surface area contributed by atoms with Crippen molar-refractivity contribution in [2.75, 3.05) is 11.5 Å². The molecular formula is C30H25NO5. The molecule has 1 saturated heterocycles. The molecule has 0 aromatic heterocycles. The van der Waals surface area contributed by atoms with E-state index in [9.17, 15) is 19.2 Å². The molecule has 3 unspecified atom stereocenters. The van der Waals surface area contributed by atoms with Crippen LogP contribution in [0.3, 0.4) is 0 Å². The molecule has 6 nitrogen and oxygen atoms in total. The summed E-state index contributed by atoms with van der Waals surface area (Å²) in [5, 5.41) is 0. The molecule has 2 amide bonds. The third kappa shape index (κ3) is 4.38. The molecule has 3 atom stereocenters. The molecule has 0 N–H and O–H groups in total. The predicted octanol–water partition coefficient (Wildman–Crippen LogP) is 5.09. The molecule has 2 aliphatic rings. The highest BCUT2D eigenvalue weighted by atomic mass is 16.5. The van der Waals surface area contributed by atoms with Crippen LogP contribution < -0.4 is 4.90 Å². The second kappa shape index (κ2) is 9.74. The van der Waals surface area contributed by atoms with Gasteiger partial charge >= 0.3 is 5.97 Å². The Kier molecular flexibility index (Phi) is 6.34. The average Bonchev–Trinajstić information content (AvgIpc) is 3.18. The fourth-order valence-corrected chi connectivity index (χ4v) is 4.95. The first kappa shape index (κ1) is 23.4. The van der Waals surface area contributed by atoms with E-state index in [0.717, 1.165) is 11.1 Å². The largest absolute Gasteiger partial charge is 0.454 e. The molecule has 1 aliphatic carbocycles. The van der Waals surface area contributed by atoms with Gasteiger partial charge in [-0.1, -0.05) is 79.7 Å². The van der Waals surface area contributed by atoms with Gasteiger partial charge < -0.3 is 4.74 Å². The fourth-order valence-electron chi connectivity index (χ4n) is 4.95. The molecule has 0 saturated carbocycles. The first-order valence-electron chi connectivity index (χ1n) is 11.9. The quantitative estimate of drug-likeness (QED) is 0.213. The van der Waals surface area contributed by atoms with Gasteiger partial charge in [0.1, 0.15) is 0 Å². The number of imide groups is 1. The van der Waals surface area contributed by atoms with Crippen molar-refractivity contribution in [3.8, 4) is 11.1 Å². The first-order valence-corrected chi connectivity index (χ1v) is 11.9. The van der Waals surface area contributed by atoms with Crippen LogP contribution in [-0.2, 0) is 14.3 Å². The third-order valence-corrected chi connectivity index (χ3v) is 6.86. The topological polar surface area (TPSA) is 80.8 Å². The molecule has 5 rings (SSSR count). The summed E-state index contributed by atoms with van der Waals surface area (Å²) in [5.41, 5.74) is 2.97. The van der Waals surface area contributed by atoms with Crippen molar-refractivity contribution in [1.82, 2.24) is 0 Å². The van der Waals surface area contributed by atoms with Gasteiger partial charge in [-0.15, -0.1) is 0 Å². The fraction of sp³-hybridized carbons (Fsp3) is 0.200. The lowest BCUT2D eigenvalue weighted by Crippen LogP contribution is -2.31. The summed E-state index contributed by atoms with van der Waals surface area (Å²) in [7, 11) is 0. The van der Waals surface area contributed by atoms with Gasteiger partial charge in [0, 0.05) is 5.56 Å². The predicted molar refractivity (Wildman–Crippen MR) is 135 cm³/mol. The van der Waals surface area contributed by atoms with Crippen molar-refractivity contribution in [2.45, 2.75) is 13.3 Å². The van der Waals surface area contributed by atoms with Gasteiger partial charge in [0.15, 0.2) is 12.4 Å². The molecule has 0 bridgehead atoms. The second-order valence-corrected chi connectivity index (χ2v) is 9.16. The first-order chi connectivity index (χ1) is 17.4. The Morgan fingerprint density at radius 2 is 1.58 bits per heavy atom. The number of nitrogens with zero attached hydrogens (tertiary/aromatic N) is 1. The minimum atomic E-state index is -0.697. The Morgan fingerprint density at radius 1 is 0.861 bits per heavy atom. The van der Waals surface area contributed by atoms with Crippen molar-refractivity contribution in [1.29, 1.82) is 0 Å². The van der Waals surface area contributed by atoms with Crippen LogP contribution in [0.25, 0.3) is 11.1 Å². The van der Waals surface area contributed by atoms with Crippen LogP contribution in [0.5, 0.6) is 0 Å². The number of carbonyl (C=O) groups excluding carboxylic acids is 4. The SMILES string of the molecule is CC1C=CCC2C(=O)N(c3cccc(C(=O)OCC(=O)c4ccc(-c5ccccc5)cc4)c3)C(=O)C12. The maximum atomic E-state index is 13.0. The summed E-state index contributed by atoms with van der Waals surface area (Å²) < 4.78 is 5.26. The van der Waals surface area contributed by atoms with Crippen molar-refractivity contribution in [3.05, 3.63) is 102 Å². The molecule has 3 aromatic carbocycles. The zero-order valence-corrected chi connectivity index (χ0v) is 19.8. The van der Waals surface area contributed by atoms with E-state index >= 15 is 0 Å². The van der Waals surface area contributed by atoms with E-state index in [2.05, 4.69) is 0 Å². The van der Waals surface area contributed by atoms with Crippen LogP contribution in [0.2, 0.25) is 0 Å². The van der Waals surface area contributed by atoms with Crippen molar-refractivity contribution < 1.29 is 23.9 Å². The summed E-state index contributed by atoms with van der Waals surface area (Å²) in [6.45, 7) is 1.52. The minimum absolute atomic E-state index is 0.0221. The zero-order chi connectivity index (χ0) is 25.2. The number of hydrogen-bond donors (Lipinski definition) is 0. The number of carbonyl (C=O) groups is 4. The van der Waals surface area contributed by atoms with Gasteiger partial charge in [-0.2, -0.15) is 0 Å². The summed E-state index contributed by atoms with van der Waals surface area (Å²) in [5.74, 6) is -2.30. The highest BCUT2D eigenvalue weighted by Gasteiger charge is 2.50. The maximum Gasteiger partial charge on any atom is 0.338 e. The molecule has 1 heterocycles. The number of anilines is 1. The number of ketones is 1. The summed E-state index contributed by atoms with van der Waals surface area (Å²) in [6, 6.07) is 23.2. The van der Waals surface area contributed by atoms with Crippen molar-refractivity contribution in [3.63, 3.8) is 0 Å². The number of Topliss-reactive ketones (excluding diaryl/α,β-unsaturated/α-hetero) is 1. The third-order valence-electron chi connectivity index (χ3n) is 6.86. The molecule has 6 heteroatoms.